The van der Waals surface area contributed by atoms with E-state index < -0.39 is 5.82 Å². The molecule has 0 spiro atoms. The first kappa shape index (κ1) is 13.9. The summed E-state index contributed by atoms with van der Waals surface area (Å²) in [6, 6.07) is 8.80. The molecule has 0 saturated carbocycles. The summed E-state index contributed by atoms with van der Waals surface area (Å²) in [7, 11) is 0. The summed E-state index contributed by atoms with van der Waals surface area (Å²) in [4.78, 5) is 0.412. The second-order valence-corrected chi connectivity index (χ2v) is 5.49. The summed E-state index contributed by atoms with van der Waals surface area (Å²) in [5.74, 6) is -0.769. The summed E-state index contributed by atoms with van der Waals surface area (Å²) < 4.78 is 26.8. The molecule has 0 aliphatic carbocycles. The normalized spacial score (nSPS) is 11.0. The molecule has 0 amide bonds. The molecule has 2 aromatic carbocycles. The van der Waals surface area contributed by atoms with Crippen molar-refractivity contribution in [3.63, 3.8) is 0 Å². The number of nitrogens with zero attached hydrogens (tertiary/aromatic N) is 2. The maximum atomic E-state index is 13.2. The molecule has 1 aromatic heterocycles. The highest BCUT2D eigenvalue weighted by Crippen LogP contribution is 2.22. The Bertz CT molecular complexity index is 834. The van der Waals surface area contributed by atoms with Crippen LogP contribution in [0.15, 0.2) is 47.1 Å². The van der Waals surface area contributed by atoms with Crippen LogP contribution in [0.2, 0.25) is 0 Å². The van der Waals surface area contributed by atoms with E-state index in [1.54, 1.807) is 18.2 Å². The Labute approximate surface area is 127 Å². The van der Waals surface area contributed by atoms with Crippen molar-refractivity contribution in [2.75, 3.05) is 0 Å². The molecular weight excluding hydrogens is 342 g/mol. The Kier molecular flexibility index (Phi) is 3.55. The number of aromatic nitrogens is 2. The lowest BCUT2D eigenvalue weighted by Gasteiger charge is -2.06. The second-order valence-electron chi connectivity index (χ2n) is 4.64. The topological polar surface area (TPSA) is 39.8 Å². The first-order chi connectivity index (χ1) is 10.0. The third-order valence-electron chi connectivity index (χ3n) is 3.15. The lowest BCUT2D eigenvalue weighted by atomic mass is 10.0. The Morgan fingerprint density at radius 2 is 1.95 bits per heavy atom. The van der Waals surface area contributed by atoms with Crippen molar-refractivity contribution in [1.82, 2.24) is 5.10 Å². The molecule has 0 radical (unpaired) electrons. The summed E-state index contributed by atoms with van der Waals surface area (Å²) in [5, 5.41) is 16.6. The summed E-state index contributed by atoms with van der Waals surface area (Å²) in [6.45, 7) is 0. The quantitative estimate of drug-likeness (QED) is 0.524. The number of fused-ring (bicyclic) bond motifs is 1. The van der Waals surface area contributed by atoms with E-state index in [2.05, 4.69) is 21.0 Å². The summed E-state index contributed by atoms with van der Waals surface area (Å²) in [6.07, 6.45) is 1.58. The zero-order valence-electron chi connectivity index (χ0n) is 10.7. The lowest BCUT2D eigenvalue weighted by molar-refractivity contribution is -0.668. The molecule has 21 heavy (non-hydrogen) atoms. The van der Waals surface area contributed by atoms with Crippen LogP contribution in [0.1, 0.15) is 11.3 Å². The molecule has 106 valence electrons. The molecule has 3 rings (SSSR count). The Morgan fingerprint density at radius 1 is 1.14 bits per heavy atom. The molecule has 0 atom stereocenters. The first-order valence-corrected chi connectivity index (χ1v) is 6.95. The van der Waals surface area contributed by atoms with Crippen molar-refractivity contribution in [2.45, 2.75) is 6.42 Å². The second kappa shape index (κ2) is 5.37. The zero-order chi connectivity index (χ0) is 15.0. The predicted octanol–water partition coefficient (Wildman–Crippen LogP) is 3.50. The van der Waals surface area contributed by atoms with Crippen LogP contribution in [0, 0.1) is 16.8 Å². The number of halogens is 3. The molecule has 1 heterocycles. The number of rotatable bonds is 2. The van der Waals surface area contributed by atoms with E-state index in [1.807, 2.05) is 0 Å². The summed E-state index contributed by atoms with van der Waals surface area (Å²) in [5.41, 5.74) is 1.31. The predicted molar refractivity (Wildman–Crippen MR) is 77.6 cm³/mol. The fourth-order valence-corrected chi connectivity index (χ4v) is 2.62. The van der Waals surface area contributed by atoms with E-state index >= 15 is 0 Å². The monoisotopic (exact) mass is 350 g/mol. The third kappa shape index (κ3) is 2.85. The van der Waals surface area contributed by atoms with Crippen LogP contribution < -0.4 is 4.85 Å². The average molecular weight is 351 g/mol. The van der Waals surface area contributed by atoms with Gasteiger partial charge in [-0.25, -0.2) is 8.78 Å². The first-order valence-electron chi connectivity index (χ1n) is 6.15. The minimum absolute atomic E-state index is 0.348. The van der Waals surface area contributed by atoms with Gasteiger partial charge in [0.1, 0.15) is 17.3 Å². The van der Waals surface area contributed by atoms with Crippen LogP contribution in [-0.2, 0) is 6.42 Å². The van der Waals surface area contributed by atoms with Gasteiger partial charge < -0.3 is 5.21 Å². The van der Waals surface area contributed by atoms with E-state index in [9.17, 15) is 14.0 Å². The van der Waals surface area contributed by atoms with Crippen LogP contribution in [-0.4, -0.2) is 5.10 Å². The van der Waals surface area contributed by atoms with E-state index in [4.69, 9.17) is 0 Å². The van der Waals surface area contributed by atoms with Gasteiger partial charge in [-0.05, 0) is 51.8 Å². The molecule has 3 nitrogen and oxygen atoms in total. The van der Waals surface area contributed by atoms with Gasteiger partial charge in [-0.1, -0.05) is 10.9 Å². The standard InChI is InChI=1S/C15H9BrF2N2O/c16-13-5-9(1-4-14(13)18)6-15-12-3-2-11(17)7-10(12)8-20(21)19-15/h1-5,7-8H,6H2. The van der Waals surface area contributed by atoms with Crippen molar-refractivity contribution in [1.29, 1.82) is 0 Å². The summed E-state index contributed by atoms with van der Waals surface area (Å²) >= 11 is 3.12. The Morgan fingerprint density at radius 3 is 2.71 bits per heavy atom. The molecule has 0 bridgehead atoms. The third-order valence-corrected chi connectivity index (χ3v) is 3.76. The van der Waals surface area contributed by atoms with Crippen LogP contribution >= 0.6 is 15.9 Å². The molecule has 0 aliphatic heterocycles. The van der Waals surface area contributed by atoms with Crippen LogP contribution in [0.5, 0.6) is 0 Å². The highest BCUT2D eigenvalue weighted by molar-refractivity contribution is 9.10. The number of hydrogen-bond acceptors (Lipinski definition) is 2. The molecule has 0 N–H and O–H groups in total. The van der Waals surface area contributed by atoms with Gasteiger partial charge in [-0.3, -0.25) is 0 Å². The maximum absolute atomic E-state index is 13.2. The van der Waals surface area contributed by atoms with Gasteiger partial charge in [0, 0.05) is 16.9 Å². The highest BCUT2D eigenvalue weighted by Gasteiger charge is 2.11. The van der Waals surface area contributed by atoms with Gasteiger partial charge in [0.2, 0.25) is 6.20 Å². The fourth-order valence-electron chi connectivity index (χ4n) is 2.20. The largest absolute Gasteiger partial charge is 0.594 e. The van der Waals surface area contributed by atoms with Gasteiger partial charge in [-0.2, -0.15) is 0 Å². The lowest BCUT2D eigenvalue weighted by Crippen LogP contribution is -2.31. The average Bonchev–Trinajstić information content (AvgIpc) is 2.42. The van der Waals surface area contributed by atoms with E-state index in [-0.39, 0.29) is 5.82 Å². The Hall–Kier alpha value is -2.08. The molecule has 0 aliphatic rings. The van der Waals surface area contributed by atoms with Crippen molar-refractivity contribution in [3.05, 3.63) is 75.2 Å². The molecule has 6 heteroatoms. The SMILES string of the molecule is [O-][n+]1cc2cc(F)ccc2c(Cc2ccc(F)c(Br)c2)n1. The van der Waals surface area contributed by atoms with E-state index in [0.29, 0.717) is 32.2 Å². The van der Waals surface area contributed by atoms with Crippen molar-refractivity contribution < 1.29 is 13.6 Å². The smallest absolute Gasteiger partial charge is 0.217 e. The van der Waals surface area contributed by atoms with Crippen LogP contribution in [0.25, 0.3) is 10.8 Å². The molecular formula is C15H9BrF2N2O. The molecule has 0 fully saturated rings. The fraction of sp³-hybridized carbons (Fsp3) is 0.0667. The van der Waals surface area contributed by atoms with E-state index in [1.165, 1.54) is 24.4 Å². The number of hydrogen-bond donors (Lipinski definition) is 0. The Balaban J connectivity index is 2.09. The zero-order valence-corrected chi connectivity index (χ0v) is 12.3. The van der Waals surface area contributed by atoms with Gasteiger partial charge in [-0.15, -0.1) is 0 Å². The van der Waals surface area contributed by atoms with Gasteiger partial charge in [0.05, 0.1) is 9.86 Å². The molecule has 0 saturated heterocycles. The maximum Gasteiger partial charge on any atom is 0.217 e. The van der Waals surface area contributed by atoms with Gasteiger partial charge >= 0.3 is 0 Å². The number of benzene rings is 2. The van der Waals surface area contributed by atoms with Gasteiger partial charge in [0.25, 0.3) is 0 Å². The van der Waals surface area contributed by atoms with E-state index in [0.717, 1.165) is 5.56 Å². The van der Waals surface area contributed by atoms with Gasteiger partial charge in [0.15, 0.2) is 0 Å². The van der Waals surface area contributed by atoms with Crippen molar-refractivity contribution >= 4 is 26.7 Å². The van der Waals surface area contributed by atoms with Crippen molar-refractivity contribution in [3.8, 4) is 0 Å². The van der Waals surface area contributed by atoms with Crippen LogP contribution in [0.3, 0.4) is 0 Å². The van der Waals surface area contributed by atoms with Crippen LogP contribution in [0.4, 0.5) is 8.78 Å². The highest BCUT2D eigenvalue weighted by atomic mass is 79.9. The minimum atomic E-state index is -0.413. The molecule has 0 unspecified atom stereocenters. The molecule has 3 aromatic rings. The van der Waals surface area contributed by atoms with Crippen molar-refractivity contribution in [2.24, 2.45) is 0 Å². The minimum Gasteiger partial charge on any atom is -0.594 e.